The summed E-state index contributed by atoms with van der Waals surface area (Å²) in [6.45, 7) is 2.05. The number of allylic oxidation sites excluding steroid dienone is 1. The van der Waals surface area contributed by atoms with Gasteiger partial charge in [0.15, 0.2) is 5.78 Å². The molecule has 2 aromatic heterocycles. The van der Waals surface area contributed by atoms with Crippen molar-refractivity contribution in [3.8, 4) is 5.82 Å². The zero-order chi connectivity index (χ0) is 21.1. The number of benzene rings is 2. The molecule has 1 aliphatic carbocycles. The quantitative estimate of drug-likeness (QED) is 0.409. The number of anilines is 1. The lowest BCUT2D eigenvalue weighted by molar-refractivity contribution is -0.645. The first-order valence-corrected chi connectivity index (χ1v) is 10.9. The van der Waals surface area contributed by atoms with Crippen molar-refractivity contribution in [2.24, 2.45) is 0 Å². The molecule has 2 aromatic carbocycles. The van der Waals surface area contributed by atoms with E-state index in [1.165, 1.54) is 0 Å². The Morgan fingerprint density at radius 3 is 2.45 bits per heavy atom. The van der Waals surface area contributed by atoms with E-state index in [1.54, 1.807) is 6.20 Å². The van der Waals surface area contributed by atoms with Crippen LogP contribution in [0.1, 0.15) is 38.7 Å². The van der Waals surface area contributed by atoms with Crippen LogP contribution in [0.2, 0.25) is 0 Å². The maximum atomic E-state index is 13.5. The lowest BCUT2D eigenvalue weighted by Gasteiger charge is -2.24. The van der Waals surface area contributed by atoms with Gasteiger partial charge in [-0.3, -0.25) is 10.1 Å². The average Bonchev–Trinajstić information content (AvgIpc) is 3.29. The van der Waals surface area contributed by atoms with Gasteiger partial charge in [0.25, 0.3) is 11.6 Å². The Kier molecular flexibility index (Phi) is 3.98. The fourth-order valence-corrected chi connectivity index (χ4v) is 4.94. The number of aryl methyl sites for hydroxylation is 1. The van der Waals surface area contributed by atoms with E-state index in [1.807, 2.05) is 66.2 Å². The Hall–Kier alpha value is -3.51. The highest BCUT2D eigenvalue weighted by Gasteiger charge is 2.45. The molecule has 150 valence electrons. The van der Waals surface area contributed by atoms with Crippen LogP contribution in [-0.4, -0.2) is 15.9 Å². The number of ketones is 1. The van der Waals surface area contributed by atoms with E-state index >= 15 is 0 Å². The second-order valence-corrected chi connectivity index (χ2v) is 8.71. The highest BCUT2D eigenvalue weighted by atomic mass is 79.9. The Bertz CT molecular complexity index is 1390. The van der Waals surface area contributed by atoms with Gasteiger partial charge in [0.2, 0.25) is 0 Å². The fourth-order valence-electron chi connectivity index (χ4n) is 4.68. The number of nitrogens with zero attached hydrogens (tertiary/aromatic N) is 2. The largest absolute Gasteiger partial charge is 0.289 e. The minimum Gasteiger partial charge on any atom is -0.289 e. The summed E-state index contributed by atoms with van der Waals surface area (Å²) in [5, 5.41) is 7.04. The summed E-state index contributed by atoms with van der Waals surface area (Å²) >= 11 is 3.53. The number of Topliss-reactive ketones (excluding diaryl/α,β-unsaturated/α-hetero) is 1. The molecule has 0 spiro atoms. The van der Waals surface area contributed by atoms with Crippen molar-refractivity contribution < 1.29 is 9.48 Å². The molecule has 6 heteroatoms. The molecule has 6 rings (SSSR count). The molecule has 2 aliphatic rings. The van der Waals surface area contributed by atoms with E-state index in [4.69, 9.17) is 0 Å². The summed E-state index contributed by atoms with van der Waals surface area (Å²) in [6, 6.07) is 21.9. The third kappa shape index (κ3) is 2.65. The lowest BCUT2D eigenvalue weighted by Crippen LogP contribution is -2.38. The molecular weight excluding hydrogens is 452 g/mol. The average molecular weight is 470 g/mol. The van der Waals surface area contributed by atoms with Crippen LogP contribution < -0.4 is 10.00 Å². The summed E-state index contributed by atoms with van der Waals surface area (Å²) in [5.41, 5.74) is 6.51. The standard InChI is InChI=1S/C25H17BrN4O/c1-14-20-21(15-9-11-16(26)12-10-15)22-23(17-6-2-3-7-18(17)24(22)31)28-25(20)30(29-14)19-8-4-5-13-27-19/h2-13,21H,1H3,(H,28,29,31)/p+1/t21-/m0/s1. The van der Waals surface area contributed by atoms with Crippen molar-refractivity contribution in [3.63, 3.8) is 0 Å². The molecule has 0 radical (unpaired) electrons. The van der Waals surface area contributed by atoms with Gasteiger partial charge in [-0.2, -0.15) is 0 Å². The number of rotatable bonds is 2. The van der Waals surface area contributed by atoms with Crippen LogP contribution >= 0.6 is 15.9 Å². The maximum absolute atomic E-state index is 13.5. The first kappa shape index (κ1) is 18.3. The second kappa shape index (κ2) is 6.75. The van der Waals surface area contributed by atoms with E-state index in [0.717, 1.165) is 55.3 Å². The van der Waals surface area contributed by atoms with Crippen molar-refractivity contribution in [2.75, 3.05) is 5.32 Å². The van der Waals surface area contributed by atoms with Crippen LogP contribution in [0, 0.1) is 6.92 Å². The SMILES string of the molecule is Cc1[nH][n+](-c2ccccn2)c2c1[C@H](c1ccc(Br)cc1)C1=C(N2)c2ccccc2C1=O. The van der Waals surface area contributed by atoms with E-state index in [-0.39, 0.29) is 11.7 Å². The van der Waals surface area contributed by atoms with Crippen LogP contribution in [0.15, 0.2) is 83.0 Å². The van der Waals surface area contributed by atoms with Gasteiger partial charge in [-0.1, -0.05) is 58.4 Å². The predicted octanol–water partition coefficient (Wildman–Crippen LogP) is 4.92. The molecular formula is C25H18BrN4O+. The highest BCUT2D eigenvalue weighted by Crippen LogP contribution is 2.49. The molecule has 5 nitrogen and oxygen atoms in total. The summed E-state index contributed by atoms with van der Waals surface area (Å²) < 4.78 is 2.97. The molecule has 4 aromatic rings. The minimum absolute atomic E-state index is 0.0849. The molecule has 31 heavy (non-hydrogen) atoms. The van der Waals surface area contributed by atoms with E-state index in [0.29, 0.717) is 0 Å². The van der Waals surface area contributed by atoms with E-state index < -0.39 is 0 Å². The summed E-state index contributed by atoms with van der Waals surface area (Å²) in [5.74, 6) is 1.60. The monoisotopic (exact) mass is 469 g/mol. The number of hydrogen-bond acceptors (Lipinski definition) is 3. The van der Waals surface area contributed by atoms with Crippen LogP contribution in [0.3, 0.4) is 0 Å². The Morgan fingerprint density at radius 2 is 1.71 bits per heavy atom. The second-order valence-electron chi connectivity index (χ2n) is 7.80. The van der Waals surface area contributed by atoms with E-state index in [9.17, 15) is 4.79 Å². The molecule has 0 saturated heterocycles. The molecule has 1 atom stereocenters. The van der Waals surface area contributed by atoms with Gasteiger partial charge in [-0.15, -0.1) is 9.67 Å². The topological polar surface area (TPSA) is 61.7 Å². The number of fused-ring (bicyclic) bond motifs is 3. The number of H-pyrrole nitrogens is 1. The van der Waals surface area contributed by atoms with Gasteiger partial charge >= 0.3 is 0 Å². The van der Waals surface area contributed by atoms with Crippen molar-refractivity contribution in [1.29, 1.82) is 0 Å². The minimum atomic E-state index is -0.180. The van der Waals surface area contributed by atoms with Gasteiger partial charge in [-0.05, 0) is 30.7 Å². The smallest absolute Gasteiger partial charge is 0.284 e. The summed E-state index contributed by atoms with van der Waals surface area (Å²) in [6.07, 6.45) is 1.78. The van der Waals surface area contributed by atoms with Crippen LogP contribution in [0.4, 0.5) is 5.82 Å². The third-order valence-electron chi connectivity index (χ3n) is 6.02. The molecule has 2 N–H and O–H groups in total. The molecule has 0 amide bonds. The zero-order valence-electron chi connectivity index (χ0n) is 16.7. The van der Waals surface area contributed by atoms with Gasteiger partial charge in [0.05, 0.1) is 16.8 Å². The molecule has 0 saturated carbocycles. The Balaban J connectivity index is 1.64. The Morgan fingerprint density at radius 1 is 0.968 bits per heavy atom. The number of carbonyl (C=O) groups is 1. The Labute approximate surface area is 187 Å². The van der Waals surface area contributed by atoms with E-state index in [2.05, 4.69) is 43.5 Å². The van der Waals surface area contributed by atoms with Crippen LogP contribution in [0.5, 0.6) is 0 Å². The molecule has 1 aliphatic heterocycles. The zero-order valence-corrected chi connectivity index (χ0v) is 18.3. The maximum Gasteiger partial charge on any atom is 0.284 e. The lowest BCUT2D eigenvalue weighted by atomic mass is 9.81. The summed E-state index contributed by atoms with van der Waals surface area (Å²) in [7, 11) is 0. The number of aromatic amines is 1. The first-order chi connectivity index (χ1) is 15.1. The normalized spacial score (nSPS) is 16.6. The number of halogens is 1. The molecule has 3 heterocycles. The van der Waals surface area contributed by atoms with Crippen LogP contribution in [-0.2, 0) is 0 Å². The summed E-state index contributed by atoms with van der Waals surface area (Å²) in [4.78, 5) is 18.1. The number of carbonyl (C=O) groups excluding carboxylic acids is 1. The highest BCUT2D eigenvalue weighted by molar-refractivity contribution is 9.10. The number of pyridine rings is 1. The van der Waals surface area contributed by atoms with Gasteiger partial charge in [0.1, 0.15) is 11.9 Å². The molecule has 0 unspecified atom stereocenters. The van der Waals surface area contributed by atoms with Crippen molar-refractivity contribution in [1.82, 2.24) is 10.1 Å². The third-order valence-corrected chi connectivity index (χ3v) is 6.55. The number of hydrogen-bond donors (Lipinski definition) is 2. The fraction of sp³-hybridized carbons (Fsp3) is 0.0800. The molecule has 0 bridgehead atoms. The molecule has 0 fully saturated rings. The van der Waals surface area contributed by atoms with Gasteiger partial charge < -0.3 is 0 Å². The first-order valence-electron chi connectivity index (χ1n) is 10.1. The van der Waals surface area contributed by atoms with Crippen molar-refractivity contribution in [2.45, 2.75) is 12.8 Å². The number of aromatic nitrogens is 3. The van der Waals surface area contributed by atoms with Gasteiger partial charge in [0, 0.05) is 27.6 Å². The predicted molar refractivity (Wildman–Crippen MR) is 122 cm³/mol. The van der Waals surface area contributed by atoms with Gasteiger partial charge in [-0.25, -0.2) is 5.10 Å². The van der Waals surface area contributed by atoms with Crippen LogP contribution in [0.25, 0.3) is 11.5 Å². The van der Waals surface area contributed by atoms with Crippen molar-refractivity contribution >= 4 is 33.2 Å². The van der Waals surface area contributed by atoms with Crippen molar-refractivity contribution in [3.05, 3.63) is 111 Å². The number of nitrogens with one attached hydrogen (secondary N) is 2.